The summed E-state index contributed by atoms with van der Waals surface area (Å²) in [6.07, 6.45) is 3.58. The molecule has 1 fully saturated rings. The minimum atomic E-state index is -0.658. The molecule has 1 aromatic carbocycles. The zero-order valence-corrected chi connectivity index (χ0v) is 13.4. The Morgan fingerprint density at radius 3 is 2.52 bits per heavy atom. The number of hydrogen-bond donors (Lipinski definition) is 2. The lowest BCUT2D eigenvalue weighted by Gasteiger charge is -2.33. The van der Waals surface area contributed by atoms with Crippen LogP contribution in [0.5, 0.6) is 0 Å². The van der Waals surface area contributed by atoms with Crippen LogP contribution in [-0.2, 0) is 4.79 Å². The third kappa shape index (κ3) is 4.45. The van der Waals surface area contributed by atoms with Crippen LogP contribution < -0.4 is 5.32 Å². The molecule has 2 N–H and O–H groups in total. The average molecular weight is 310 g/mol. The molecule has 21 heavy (non-hydrogen) atoms. The van der Waals surface area contributed by atoms with Gasteiger partial charge in [0.2, 0.25) is 0 Å². The number of benzene rings is 1. The molecule has 1 aliphatic carbocycles. The van der Waals surface area contributed by atoms with Crippen LogP contribution in [0.25, 0.3) is 0 Å². The average Bonchev–Trinajstić information content (AvgIpc) is 2.46. The number of carbonyl (C=O) groups is 1. The van der Waals surface area contributed by atoms with Crippen molar-refractivity contribution in [2.24, 2.45) is 11.8 Å². The number of aliphatic carboxylic acids is 1. The minimum absolute atomic E-state index is 0.200. The summed E-state index contributed by atoms with van der Waals surface area (Å²) in [6.45, 7) is 4.37. The first-order valence-corrected chi connectivity index (χ1v) is 8.09. The van der Waals surface area contributed by atoms with Crippen LogP contribution in [0.4, 0.5) is 0 Å². The fourth-order valence-corrected chi connectivity index (χ4v) is 3.29. The Bertz CT molecular complexity index is 472. The highest BCUT2D eigenvalue weighted by Crippen LogP contribution is 2.29. The monoisotopic (exact) mass is 309 g/mol. The van der Waals surface area contributed by atoms with E-state index in [0.29, 0.717) is 5.92 Å². The van der Waals surface area contributed by atoms with E-state index in [1.165, 1.54) is 5.56 Å². The SMILES string of the molecule is CC(C)C(NC1CCCC(C(=O)O)C1)c1ccc(Cl)cc1. The van der Waals surface area contributed by atoms with E-state index in [4.69, 9.17) is 11.6 Å². The van der Waals surface area contributed by atoms with Crippen molar-refractivity contribution >= 4 is 17.6 Å². The molecule has 1 aromatic rings. The Balaban J connectivity index is 2.06. The van der Waals surface area contributed by atoms with E-state index in [2.05, 4.69) is 31.3 Å². The normalized spacial score (nSPS) is 24.0. The first-order chi connectivity index (χ1) is 9.97. The number of halogens is 1. The molecular formula is C17H24ClNO2. The highest BCUT2D eigenvalue weighted by molar-refractivity contribution is 6.30. The highest BCUT2D eigenvalue weighted by atomic mass is 35.5. The Kier molecular flexibility index (Phi) is 5.65. The number of carboxylic acid groups (broad SMARTS) is 1. The Hall–Kier alpha value is -1.06. The fourth-order valence-electron chi connectivity index (χ4n) is 3.16. The molecule has 116 valence electrons. The van der Waals surface area contributed by atoms with Crippen molar-refractivity contribution < 1.29 is 9.90 Å². The largest absolute Gasteiger partial charge is 0.481 e. The molecule has 0 bridgehead atoms. The smallest absolute Gasteiger partial charge is 0.306 e. The van der Waals surface area contributed by atoms with Crippen molar-refractivity contribution in [2.45, 2.75) is 51.6 Å². The van der Waals surface area contributed by atoms with Gasteiger partial charge in [-0.15, -0.1) is 0 Å². The standard InChI is InChI=1S/C17H24ClNO2/c1-11(2)16(12-6-8-14(18)9-7-12)19-15-5-3-4-13(10-15)17(20)21/h6-9,11,13,15-16,19H,3-5,10H2,1-2H3,(H,20,21). The van der Waals surface area contributed by atoms with Gasteiger partial charge in [-0.1, -0.05) is 44.0 Å². The molecule has 0 heterocycles. The van der Waals surface area contributed by atoms with Crippen LogP contribution in [0.15, 0.2) is 24.3 Å². The van der Waals surface area contributed by atoms with Gasteiger partial charge in [0.25, 0.3) is 0 Å². The molecule has 0 saturated heterocycles. The molecule has 4 heteroatoms. The lowest BCUT2D eigenvalue weighted by atomic mass is 9.84. The third-order valence-electron chi connectivity index (χ3n) is 4.33. The van der Waals surface area contributed by atoms with Crippen molar-refractivity contribution in [1.82, 2.24) is 5.32 Å². The fraction of sp³-hybridized carbons (Fsp3) is 0.588. The van der Waals surface area contributed by atoms with Crippen molar-refractivity contribution in [3.8, 4) is 0 Å². The maximum atomic E-state index is 11.2. The molecule has 3 nitrogen and oxygen atoms in total. The van der Waals surface area contributed by atoms with Crippen LogP contribution in [0.2, 0.25) is 5.02 Å². The van der Waals surface area contributed by atoms with Gasteiger partial charge in [0.1, 0.15) is 0 Å². The van der Waals surface area contributed by atoms with Crippen molar-refractivity contribution in [2.75, 3.05) is 0 Å². The second-order valence-electron chi connectivity index (χ2n) is 6.34. The molecule has 2 rings (SSSR count). The maximum absolute atomic E-state index is 11.2. The summed E-state index contributed by atoms with van der Waals surface area (Å²) in [5.74, 6) is -0.417. The predicted octanol–water partition coefficient (Wildman–Crippen LogP) is 4.27. The predicted molar refractivity (Wildman–Crippen MR) is 85.5 cm³/mol. The lowest BCUT2D eigenvalue weighted by molar-refractivity contribution is -0.143. The molecule has 1 saturated carbocycles. The Labute approximate surface area is 131 Å². The van der Waals surface area contributed by atoms with Crippen LogP contribution in [-0.4, -0.2) is 17.1 Å². The summed E-state index contributed by atoms with van der Waals surface area (Å²) in [5, 5.41) is 13.6. The van der Waals surface area contributed by atoms with E-state index in [1.54, 1.807) is 0 Å². The van der Waals surface area contributed by atoms with E-state index in [0.717, 1.165) is 30.7 Å². The van der Waals surface area contributed by atoms with Gasteiger partial charge in [0.05, 0.1) is 5.92 Å². The molecule has 3 unspecified atom stereocenters. The Morgan fingerprint density at radius 2 is 1.95 bits per heavy atom. The first kappa shape index (κ1) is 16.3. The summed E-state index contributed by atoms with van der Waals surface area (Å²) in [4.78, 5) is 11.2. The van der Waals surface area contributed by atoms with Gasteiger partial charge < -0.3 is 10.4 Å². The third-order valence-corrected chi connectivity index (χ3v) is 4.59. The zero-order chi connectivity index (χ0) is 15.4. The quantitative estimate of drug-likeness (QED) is 0.854. The second kappa shape index (κ2) is 7.28. The van der Waals surface area contributed by atoms with Crippen LogP contribution in [0, 0.1) is 11.8 Å². The van der Waals surface area contributed by atoms with E-state index in [1.807, 2.05) is 12.1 Å². The molecule has 0 spiro atoms. The first-order valence-electron chi connectivity index (χ1n) is 7.71. The van der Waals surface area contributed by atoms with Gasteiger partial charge in [-0.05, 0) is 42.9 Å². The summed E-state index contributed by atoms with van der Waals surface area (Å²) in [7, 11) is 0. The van der Waals surface area contributed by atoms with Crippen LogP contribution in [0.3, 0.4) is 0 Å². The van der Waals surface area contributed by atoms with Crippen LogP contribution >= 0.6 is 11.6 Å². The van der Waals surface area contributed by atoms with Gasteiger partial charge in [-0.25, -0.2) is 0 Å². The Morgan fingerprint density at radius 1 is 1.29 bits per heavy atom. The highest BCUT2D eigenvalue weighted by Gasteiger charge is 2.29. The number of rotatable bonds is 5. The summed E-state index contributed by atoms with van der Waals surface area (Å²) in [6, 6.07) is 8.45. The van der Waals surface area contributed by atoms with Crippen molar-refractivity contribution in [1.29, 1.82) is 0 Å². The molecule has 0 aromatic heterocycles. The van der Waals surface area contributed by atoms with Gasteiger partial charge in [0.15, 0.2) is 0 Å². The van der Waals surface area contributed by atoms with Gasteiger partial charge in [0, 0.05) is 17.1 Å². The molecule has 0 aliphatic heterocycles. The molecule has 0 radical (unpaired) electrons. The number of nitrogens with one attached hydrogen (secondary N) is 1. The van der Waals surface area contributed by atoms with E-state index < -0.39 is 5.97 Å². The summed E-state index contributed by atoms with van der Waals surface area (Å²) < 4.78 is 0. The lowest BCUT2D eigenvalue weighted by Crippen LogP contribution is -2.40. The zero-order valence-electron chi connectivity index (χ0n) is 12.7. The van der Waals surface area contributed by atoms with Crippen molar-refractivity contribution in [3.63, 3.8) is 0 Å². The molecule has 3 atom stereocenters. The van der Waals surface area contributed by atoms with Crippen molar-refractivity contribution in [3.05, 3.63) is 34.9 Å². The van der Waals surface area contributed by atoms with Gasteiger partial charge in [-0.3, -0.25) is 4.79 Å². The van der Waals surface area contributed by atoms with Gasteiger partial charge >= 0.3 is 5.97 Å². The number of hydrogen-bond acceptors (Lipinski definition) is 2. The summed E-state index contributed by atoms with van der Waals surface area (Å²) in [5.41, 5.74) is 1.21. The molecule has 0 amide bonds. The second-order valence-corrected chi connectivity index (χ2v) is 6.78. The van der Waals surface area contributed by atoms with Crippen LogP contribution in [0.1, 0.15) is 51.1 Å². The molecular weight excluding hydrogens is 286 g/mol. The summed E-state index contributed by atoms with van der Waals surface area (Å²) >= 11 is 5.96. The maximum Gasteiger partial charge on any atom is 0.306 e. The van der Waals surface area contributed by atoms with Gasteiger partial charge in [-0.2, -0.15) is 0 Å². The topological polar surface area (TPSA) is 49.3 Å². The van der Waals surface area contributed by atoms with E-state index in [9.17, 15) is 9.90 Å². The number of carboxylic acids is 1. The van der Waals surface area contributed by atoms with E-state index >= 15 is 0 Å². The molecule has 1 aliphatic rings. The van der Waals surface area contributed by atoms with E-state index in [-0.39, 0.29) is 18.0 Å². The minimum Gasteiger partial charge on any atom is -0.481 e.